The molecule has 2 aromatic carbocycles. The van der Waals surface area contributed by atoms with E-state index in [9.17, 15) is 4.79 Å². The van der Waals surface area contributed by atoms with Crippen molar-refractivity contribution in [3.8, 4) is 11.1 Å². The highest BCUT2D eigenvalue weighted by molar-refractivity contribution is 5.85. The molecule has 0 spiro atoms. The number of rotatable bonds is 3. The Morgan fingerprint density at radius 2 is 1.32 bits per heavy atom. The molecule has 0 unspecified atom stereocenters. The van der Waals surface area contributed by atoms with Crippen LogP contribution in [0.4, 0.5) is 0 Å². The molecule has 2 aromatic rings. The molecule has 0 amide bonds. The predicted octanol–water partition coefficient (Wildman–Crippen LogP) is 4.39. The molecular weight excluding hydrogens is 236 g/mol. The molecule has 0 bridgehead atoms. The summed E-state index contributed by atoms with van der Waals surface area (Å²) in [7, 11) is 0. The first-order chi connectivity index (χ1) is 9.15. The molecule has 19 heavy (non-hydrogen) atoms. The predicted molar refractivity (Wildman–Crippen MR) is 78.9 cm³/mol. The topological polar surface area (TPSA) is 37.3 Å². The second-order valence-electron chi connectivity index (χ2n) is 3.99. The van der Waals surface area contributed by atoms with Gasteiger partial charge in [0.15, 0.2) is 0 Å². The number of carboxylic acids is 1. The summed E-state index contributed by atoms with van der Waals surface area (Å²) in [5, 5.41) is 8.08. The van der Waals surface area contributed by atoms with Crippen LogP contribution in [0.25, 0.3) is 11.1 Å². The lowest BCUT2D eigenvalue weighted by Crippen LogP contribution is -1.95. The summed E-state index contributed by atoms with van der Waals surface area (Å²) in [6, 6.07) is 20.8. The molecule has 98 valence electrons. The largest absolute Gasteiger partial charge is 0.478 e. The second-order valence-corrected chi connectivity index (χ2v) is 3.99. The Balaban J connectivity index is 0.000000224. The fraction of sp³-hybridized carbons (Fsp3) is 0.118. The molecule has 2 nitrogen and oxygen atoms in total. The summed E-state index contributed by atoms with van der Waals surface area (Å²) in [5.41, 5.74) is 2.82. The fourth-order valence-corrected chi connectivity index (χ4v) is 1.41. The quantitative estimate of drug-likeness (QED) is 0.825. The molecule has 2 rings (SSSR count). The van der Waals surface area contributed by atoms with Gasteiger partial charge in [-0.15, -0.1) is 0 Å². The summed E-state index contributed by atoms with van der Waals surface area (Å²) in [6.45, 7) is 5.03. The molecule has 0 saturated heterocycles. The lowest BCUT2D eigenvalue weighted by atomic mass is 10.1. The highest BCUT2D eigenvalue weighted by atomic mass is 16.4. The maximum Gasteiger partial charge on any atom is 0.330 e. The number of hydrogen-bond acceptors (Lipinski definition) is 1. The van der Waals surface area contributed by atoms with Crippen LogP contribution in [0.3, 0.4) is 0 Å². The van der Waals surface area contributed by atoms with Gasteiger partial charge in [-0.05, 0) is 17.5 Å². The third kappa shape index (κ3) is 5.21. The Kier molecular flexibility index (Phi) is 6.10. The maximum atomic E-state index is 9.83. The Bertz CT molecular complexity index is 478. The fourth-order valence-electron chi connectivity index (χ4n) is 1.41. The van der Waals surface area contributed by atoms with Crippen LogP contribution in [0, 0.1) is 0 Å². The molecule has 0 aliphatic heterocycles. The van der Waals surface area contributed by atoms with E-state index in [-0.39, 0.29) is 5.57 Å². The van der Waals surface area contributed by atoms with Crippen molar-refractivity contribution >= 4 is 5.97 Å². The van der Waals surface area contributed by atoms with E-state index in [2.05, 4.69) is 55.1 Å². The first-order valence-electron chi connectivity index (χ1n) is 6.16. The van der Waals surface area contributed by atoms with Crippen LogP contribution in [0.15, 0.2) is 72.8 Å². The van der Waals surface area contributed by atoms with E-state index in [1.54, 1.807) is 6.92 Å². The standard InChI is InChI=1S/C12H10.C5H8O2/c1-3-7-11(8-4-1)12-9-5-2-6-10-12;1-3-4(2)5(6)7/h1-10H;2-3H2,1H3,(H,6,7). The van der Waals surface area contributed by atoms with Crippen LogP contribution >= 0.6 is 0 Å². The highest BCUT2D eigenvalue weighted by Gasteiger charge is 1.96. The summed E-state index contributed by atoms with van der Waals surface area (Å²) >= 11 is 0. The third-order valence-electron chi connectivity index (χ3n) is 2.61. The molecule has 1 N–H and O–H groups in total. The van der Waals surface area contributed by atoms with Gasteiger partial charge in [0.25, 0.3) is 0 Å². The van der Waals surface area contributed by atoms with Crippen molar-refractivity contribution in [3.05, 3.63) is 72.8 Å². The lowest BCUT2D eigenvalue weighted by Gasteiger charge is -1.98. The molecule has 0 aliphatic carbocycles. The van der Waals surface area contributed by atoms with Crippen LogP contribution in [0.1, 0.15) is 13.3 Å². The second kappa shape index (κ2) is 7.88. The summed E-state index contributed by atoms with van der Waals surface area (Å²) in [4.78, 5) is 9.83. The summed E-state index contributed by atoms with van der Waals surface area (Å²) in [5.74, 6) is -0.900. The average Bonchev–Trinajstić information content (AvgIpc) is 2.49. The van der Waals surface area contributed by atoms with Crippen molar-refractivity contribution in [1.29, 1.82) is 0 Å². The van der Waals surface area contributed by atoms with Crippen LogP contribution in [-0.2, 0) is 4.79 Å². The van der Waals surface area contributed by atoms with E-state index in [0.29, 0.717) is 6.42 Å². The van der Waals surface area contributed by atoms with Gasteiger partial charge in [0, 0.05) is 5.57 Å². The molecule has 0 aliphatic rings. The third-order valence-corrected chi connectivity index (χ3v) is 2.61. The number of carboxylic acid groups (broad SMARTS) is 1. The van der Waals surface area contributed by atoms with Gasteiger partial charge in [0.2, 0.25) is 0 Å². The van der Waals surface area contributed by atoms with Gasteiger partial charge in [-0.25, -0.2) is 4.79 Å². The Morgan fingerprint density at radius 3 is 1.53 bits per heavy atom. The van der Waals surface area contributed by atoms with Crippen molar-refractivity contribution in [2.75, 3.05) is 0 Å². The first-order valence-corrected chi connectivity index (χ1v) is 6.16. The first kappa shape index (κ1) is 14.7. The number of benzene rings is 2. The van der Waals surface area contributed by atoms with E-state index < -0.39 is 5.97 Å². The minimum atomic E-state index is -0.900. The average molecular weight is 254 g/mol. The summed E-state index contributed by atoms with van der Waals surface area (Å²) in [6.07, 6.45) is 0.523. The van der Waals surface area contributed by atoms with Gasteiger partial charge in [0.1, 0.15) is 0 Å². The van der Waals surface area contributed by atoms with Crippen LogP contribution in [0.5, 0.6) is 0 Å². The molecular formula is C17H18O2. The SMILES string of the molecule is C=C(CC)C(=O)O.c1ccc(-c2ccccc2)cc1. The zero-order chi connectivity index (χ0) is 14.1. The van der Waals surface area contributed by atoms with E-state index in [4.69, 9.17) is 5.11 Å². The Hall–Kier alpha value is -2.35. The molecule has 0 heterocycles. The van der Waals surface area contributed by atoms with E-state index in [1.807, 2.05) is 12.1 Å². The van der Waals surface area contributed by atoms with Gasteiger partial charge < -0.3 is 5.11 Å². The number of aliphatic carboxylic acids is 1. The van der Waals surface area contributed by atoms with Crippen molar-refractivity contribution in [2.24, 2.45) is 0 Å². The van der Waals surface area contributed by atoms with E-state index in [0.717, 1.165) is 0 Å². The highest BCUT2D eigenvalue weighted by Crippen LogP contribution is 2.17. The van der Waals surface area contributed by atoms with Crippen LogP contribution in [0.2, 0.25) is 0 Å². The van der Waals surface area contributed by atoms with Crippen molar-refractivity contribution in [1.82, 2.24) is 0 Å². The lowest BCUT2D eigenvalue weighted by molar-refractivity contribution is -0.132. The summed E-state index contributed by atoms with van der Waals surface area (Å²) < 4.78 is 0. The zero-order valence-corrected chi connectivity index (χ0v) is 11.0. The maximum absolute atomic E-state index is 9.83. The van der Waals surface area contributed by atoms with Crippen LogP contribution < -0.4 is 0 Å². The van der Waals surface area contributed by atoms with Gasteiger partial charge in [-0.1, -0.05) is 74.2 Å². The molecule has 0 saturated carbocycles. The minimum Gasteiger partial charge on any atom is -0.478 e. The minimum absolute atomic E-state index is 0.264. The molecule has 0 aromatic heterocycles. The van der Waals surface area contributed by atoms with Crippen molar-refractivity contribution < 1.29 is 9.90 Å². The monoisotopic (exact) mass is 254 g/mol. The zero-order valence-electron chi connectivity index (χ0n) is 11.0. The number of hydrogen-bond donors (Lipinski definition) is 1. The van der Waals surface area contributed by atoms with Gasteiger partial charge in [-0.2, -0.15) is 0 Å². The smallest absolute Gasteiger partial charge is 0.330 e. The van der Waals surface area contributed by atoms with Gasteiger partial charge in [-0.3, -0.25) is 0 Å². The van der Waals surface area contributed by atoms with Gasteiger partial charge in [0.05, 0.1) is 0 Å². The Labute approximate surface area is 114 Å². The van der Waals surface area contributed by atoms with Gasteiger partial charge >= 0.3 is 5.97 Å². The van der Waals surface area contributed by atoms with Crippen molar-refractivity contribution in [2.45, 2.75) is 13.3 Å². The van der Waals surface area contributed by atoms with Crippen LogP contribution in [-0.4, -0.2) is 11.1 Å². The Morgan fingerprint density at radius 1 is 0.947 bits per heavy atom. The molecule has 0 fully saturated rings. The molecule has 0 atom stereocenters. The normalized spacial score (nSPS) is 9.11. The van der Waals surface area contributed by atoms with E-state index >= 15 is 0 Å². The number of carbonyl (C=O) groups is 1. The van der Waals surface area contributed by atoms with Crippen molar-refractivity contribution in [3.63, 3.8) is 0 Å². The molecule has 0 radical (unpaired) electrons. The van der Waals surface area contributed by atoms with E-state index in [1.165, 1.54) is 11.1 Å². The molecule has 2 heteroatoms.